The number of hydrogen-bond donors (Lipinski definition) is 6. The summed E-state index contributed by atoms with van der Waals surface area (Å²) in [6.07, 6.45) is 7.83. The number of pyridine rings is 2. The predicted molar refractivity (Wildman–Crippen MR) is 207 cm³/mol. The predicted octanol–water partition coefficient (Wildman–Crippen LogP) is 3.41. The fraction of sp³-hybridized carbons (Fsp3) is 0.659. The lowest BCUT2D eigenvalue weighted by Gasteiger charge is -2.41. The van der Waals surface area contributed by atoms with E-state index in [1.807, 2.05) is 17.0 Å². The fourth-order valence-corrected chi connectivity index (χ4v) is 8.99. The molecule has 0 bridgehead atoms. The van der Waals surface area contributed by atoms with Gasteiger partial charge in [-0.25, -0.2) is 14.8 Å². The normalized spacial score (nSPS) is 24.8. The van der Waals surface area contributed by atoms with Gasteiger partial charge in [0.15, 0.2) is 6.23 Å². The third-order valence-corrected chi connectivity index (χ3v) is 12.5. The molecule has 5 aliphatic rings. The van der Waals surface area contributed by atoms with E-state index in [0.29, 0.717) is 89.4 Å². The zero-order valence-electron chi connectivity index (χ0n) is 32.3. The molecule has 4 aliphatic heterocycles. The van der Waals surface area contributed by atoms with Gasteiger partial charge in [0.2, 0.25) is 5.91 Å². The van der Waals surface area contributed by atoms with Crippen molar-refractivity contribution in [2.24, 2.45) is 11.8 Å². The summed E-state index contributed by atoms with van der Waals surface area (Å²) in [5.74, 6) is 0.293. The topological polar surface area (TPSA) is 207 Å². The van der Waals surface area contributed by atoms with Crippen molar-refractivity contribution in [3.8, 4) is 0 Å². The van der Waals surface area contributed by atoms with Crippen LogP contribution in [0.1, 0.15) is 99.6 Å². The molecule has 3 amide bonds. The highest BCUT2D eigenvalue weighted by atomic mass is 16.6. The van der Waals surface area contributed by atoms with Gasteiger partial charge < -0.3 is 45.8 Å². The lowest BCUT2D eigenvalue weighted by molar-refractivity contribution is -0.155. The van der Waals surface area contributed by atoms with Crippen LogP contribution in [0.5, 0.6) is 0 Å². The summed E-state index contributed by atoms with van der Waals surface area (Å²) in [5.41, 5.74) is 1.72. The Kier molecular flexibility index (Phi) is 12.3. The van der Waals surface area contributed by atoms with E-state index in [1.165, 1.54) is 5.56 Å². The standard InChI is InChI=1S/C41H57N7O8/c49-34(50)25-41(55)16-22-48(23-17-41)39(53)47-20-12-27(13-21-47)24-32-7-4-29-5-8-33(46-37(29)45-32)56-35(51)26-40(54)14-9-30(10-15-40)38(52)43-19-11-31-6-3-28-2-1-18-42-36(28)44-31/h3-4,6-7,27,30,33,54-55H,1-2,5,8-26H2,(H,42,44)(H,43,52)(H,45,46)(H,49,50). The van der Waals surface area contributed by atoms with Crippen LogP contribution in [0.15, 0.2) is 24.3 Å². The summed E-state index contributed by atoms with van der Waals surface area (Å²) in [7, 11) is 0. The number of amides is 3. The fourth-order valence-electron chi connectivity index (χ4n) is 8.99. The highest BCUT2D eigenvalue weighted by Crippen LogP contribution is 2.36. The Labute approximate surface area is 328 Å². The van der Waals surface area contributed by atoms with Crippen LogP contribution in [0.25, 0.3) is 0 Å². The van der Waals surface area contributed by atoms with Gasteiger partial charge in [0.25, 0.3) is 0 Å². The summed E-state index contributed by atoms with van der Waals surface area (Å²) >= 11 is 0. The molecule has 0 radical (unpaired) electrons. The number of piperidine rings is 2. The smallest absolute Gasteiger partial charge is 0.320 e. The summed E-state index contributed by atoms with van der Waals surface area (Å²) in [6.45, 7) is 3.39. The highest BCUT2D eigenvalue weighted by molar-refractivity contribution is 5.79. The number of anilines is 2. The van der Waals surface area contributed by atoms with E-state index in [9.17, 15) is 29.4 Å². The molecule has 1 unspecified atom stereocenters. The van der Waals surface area contributed by atoms with Crippen molar-refractivity contribution in [2.75, 3.05) is 49.9 Å². The van der Waals surface area contributed by atoms with E-state index >= 15 is 0 Å². The van der Waals surface area contributed by atoms with Gasteiger partial charge in [0.05, 0.1) is 24.0 Å². The zero-order chi connectivity index (χ0) is 39.3. The van der Waals surface area contributed by atoms with Gasteiger partial charge in [-0.3, -0.25) is 14.4 Å². The molecule has 1 atom stereocenters. The molecule has 2 aromatic heterocycles. The number of nitrogens with one attached hydrogen (secondary N) is 3. The summed E-state index contributed by atoms with van der Waals surface area (Å²) in [5, 5.41) is 40.5. The first kappa shape index (κ1) is 39.7. The zero-order valence-corrected chi connectivity index (χ0v) is 32.3. The molecule has 304 valence electrons. The van der Waals surface area contributed by atoms with Crippen molar-refractivity contribution < 1.29 is 39.2 Å². The molecule has 3 fully saturated rings. The first-order valence-corrected chi connectivity index (χ1v) is 20.6. The lowest BCUT2D eigenvalue weighted by atomic mass is 9.77. The number of likely N-dealkylation sites (tertiary alicyclic amines) is 2. The second-order valence-electron chi connectivity index (χ2n) is 16.7. The second-order valence-corrected chi connectivity index (χ2v) is 16.7. The molecular formula is C41H57N7O8. The number of hydrogen-bond acceptors (Lipinski definition) is 11. The molecule has 56 heavy (non-hydrogen) atoms. The van der Waals surface area contributed by atoms with E-state index in [-0.39, 0.29) is 43.5 Å². The molecule has 7 rings (SSSR count). The number of nitrogens with zero attached hydrogens (tertiary/aromatic N) is 4. The lowest BCUT2D eigenvalue weighted by Crippen LogP contribution is -2.53. The largest absolute Gasteiger partial charge is 0.481 e. The first-order valence-electron chi connectivity index (χ1n) is 20.6. The van der Waals surface area contributed by atoms with Gasteiger partial charge in [-0.2, -0.15) is 0 Å². The minimum absolute atomic E-state index is 0.0201. The number of urea groups is 1. The third kappa shape index (κ3) is 10.1. The molecular weight excluding hydrogens is 718 g/mol. The summed E-state index contributed by atoms with van der Waals surface area (Å²) in [6, 6.07) is 8.21. The molecule has 0 spiro atoms. The van der Waals surface area contributed by atoms with Crippen molar-refractivity contribution in [3.63, 3.8) is 0 Å². The van der Waals surface area contributed by atoms with Crippen molar-refractivity contribution in [1.82, 2.24) is 25.1 Å². The van der Waals surface area contributed by atoms with E-state index in [4.69, 9.17) is 19.8 Å². The van der Waals surface area contributed by atoms with Gasteiger partial charge >= 0.3 is 18.0 Å². The Balaban J connectivity index is 0.805. The monoisotopic (exact) mass is 775 g/mol. The van der Waals surface area contributed by atoms with Crippen LogP contribution in [-0.2, 0) is 44.8 Å². The molecule has 1 aliphatic carbocycles. The van der Waals surface area contributed by atoms with Crippen LogP contribution in [0, 0.1) is 11.8 Å². The molecule has 2 aromatic rings. The van der Waals surface area contributed by atoms with E-state index in [2.05, 4.69) is 28.1 Å². The van der Waals surface area contributed by atoms with Crippen molar-refractivity contribution >= 4 is 35.5 Å². The minimum Gasteiger partial charge on any atom is -0.481 e. The van der Waals surface area contributed by atoms with Crippen LogP contribution in [0.4, 0.5) is 16.4 Å². The molecule has 6 heterocycles. The van der Waals surface area contributed by atoms with Crippen LogP contribution in [0.2, 0.25) is 0 Å². The van der Waals surface area contributed by atoms with Crippen molar-refractivity contribution in [3.05, 3.63) is 46.8 Å². The number of aromatic nitrogens is 2. The molecule has 0 aromatic carbocycles. The number of aryl methyl sites for hydroxylation is 2. The van der Waals surface area contributed by atoms with Gasteiger partial charge in [-0.1, -0.05) is 12.1 Å². The molecule has 15 nitrogen and oxygen atoms in total. The van der Waals surface area contributed by atoms with E-state index in [1.54, 1.807) is 4.90 Å². The average Bonchev–Trinajstić information content (AvgIpc) is 3.17. The van der Waals surface area contributed by atoms with Crippen molar-refractivity contribution in [2.45, 2.75) is 120 Å². The minimum atomic E-state index is -1.25. The quantitative estimate of drug-likeness (QED) is 0.182. The second kappa shape index (κ2) is 17.3. The van der Waals surface area contributed by atoms with Gasteiger partial charge in [0.1, 0.15) is 11.6 Å². The molecule has 1 saturated carbocycles. The number of carbonyl (C=O) groups is 4. The number of esters is 1. The number of carboxylic acids is 1. The maximum atomic E-state index is 13.2. The Hall–Kier alpha value is -4.50. The number of aliphatic hydroxyl groups is 2. The Morgan fingerprint density at radius 3 is 2.20 bits per heavy atom. The van der Waals surface area contributed by atoms with E-state index in [0.717, 1.165) is 61.4 Å². The number of aliphatic carboxylic acids is 1. The molecule has 15 heteroatoms. The van der Waals surface area contributed by atoms with Gasteiger partial charge in [-0.15, -0.1) is 0 Å². The Morgan fingerprint density at radius 2 is 1.46 bits per heavy atom. The highest BCUT2D eigenvalue weighted by Gasteiger charge is 2.39. The van der Waals surface area contributed by atoms with Crippen LogP contribution in [-0.4, -0.2) is 116 Å². The van der Waals surface area contributed by atoms with Gasteiger partial charge in [-0.05, 0) is 106 Å². The van der Waals surface area contributed by atoms with Gasteiger partial charge in [0, 0.05) is 69.4 Å². The third-order valence-electron chi connectivity index (χ3n) is 12.5. The average molecular weight is 776 g/mol. The number of ether oxygens (including phenoxy) is 1. The van der Waals surface area contributed by atoms with Crippen LogP contribution in [0.3, 0.4) is 0 Å². The summed E-state index contributed by atoms with van der Waals surface area (Å²) < 4.78 is 5.80. The SMILES string of the molecule is O=C(O)CC1(O)CCN(C(=O)N2CCC(Cc3ccc4c(n3)NC(OC(=O)CC3(O)CCC(C(=O)NCCc5ccc6c(n5)NCCC6)CC3)CC4)CC2)CC1. The van der Waals surface area contributed by atoms with Crippen molar-refractivity contribution in [1.29, 1.82) is 0 Å². The molecule has 2 saturated heterocycles. The van der Waals surface area contributed by atoms with Crippen LogP contribution >= 0.6 is 0 Å². The number of rotatable bonds is 11. The maximum Gasteiger partial charge on any atom is 0.320 e. The molecule has 6 N–H and O–H groups in total. The Morgan fingerprint density at radius 1 is 0.804 bits per heavy atom. The number of carbonyl (C=O) groups excluding carboxylic acids is 3. The summed E-state index contributed by atoms with van der Waals surface area (Å²) in [4.78, 5) is 63.4. The van der Waals surface area contributed by atoms with E-state index < -0.39 is 29.4 Å². The number of fused-ring (bicyclic) bond motifs is 2. The van der Waals surface area contributed by atoms with Crippen LogP contribution < -0.4 is 16.0 Å². The Bertz CT molecular complexity index is 1750. The first-order chi connectivity index (χ1) is 26.9. The number of carboxylic acid groups (broad SMARTS) is 1. The maximum absolute atomic E-state index is 13.2.